The maximum atomic E-state index is 13.1. The first kappa shape index (κ1) is 15.2. The Bertz CT molecular complexity index is 749. The van der Waals surface area contributed by atoms with Crippen molar-refractivity contribution in [1.29, 1.82) is 5.26 Å². The lowest BCUT2D eigenvalue weighted by atomic mass is 9.96. The number of nitriles is 1. The Morgan fingerprint density at radius 2 is 1.91 bits per heavy atom. The van der Waals surface area contributed by atoms with E-state index >= 15 is 0 Å². The molecule has 0 aliphatic carbocycles. The summed E-state index contributed by atoms with van der Waals surface area (Å²) in [5, 5.41) is 9.10. The van der Waals surface area contributed by atoms with Gasteiger partial charge in [0.25, 0.3) is 5.91 Å². The Labute approximate surface area is 135 Å². The van der Waals surface area contributed by atoms with E-state index in [1.165, 1.54) is 12.1 Å². The van der Waals surface area contributed by atoms with Gasteiger partial charge in [-0.25, -0.2) is 4.39 Å². The van der Waals surface area contributed by atoms with Crippen LogP contribution < -0.4 is 0 Å². The summed E-state index contributed by atoms with van der Waals surface area (Å²) in [6, 6.07) is 15.7. The van der Waals surface area contributed by atoms with Gasteiger partial charge >= 0.3 is 0 Å². The third-order valence-corrected chi connectivity index (χ3v) is 4.20. The molecule has 1 atom stereocenters. The molecule has 2 aromatic rings. The molecule has 4 heteroatoms. The molecule has 0 N–H and O–H groups in total. The zero-order valence-corrected chi connectivity index (χ0v) is 12.7. The number of hydrogen-bond acceptors (Lipinski definition) is 2. The molecule has 3 nitrogen and oxygen atoms in total. The van der Waals surface area contributed by atoms with Crippen LogP contribution in [0.25, 0.3) is 11.1 Å². The van der Waals surface area contributed by atoms with Gasteiger partial charge in [0.2, 0.25) is 0 Å². The van der Waals surface area contributed by atoms with Gasteiger partial charge in [0.1, 0.15) is 5.82 Å². The zero-order valence-electron chi connectivity index (χ0n) is 12.7. The fraction of sp³-hybridized carbons (Fsp3) is 0.263. The smallest absolute Gasteiger partial charge is 0.254 e. The number of benzene rings is 2. The molecule has 0 spiro atoms. The molecule has 1 fully saturated rings. The third-order valence-electron chi connectivity index (χ3n) is 4.20. The minimum Gasteiger partial charge on any atom is -0.337 e. The van der Waals surface area contributed by atoms with Crippen molar-refractivity contribution in [2.75, 3.05) is 13.1 Å². The summed E-state index contributed by atoms with van der Waals surface area (Å²) in [6.07, 6.45) is 1.70. The monoisotopic (exact) mass is 308 g/mol. The summed E-state index contributed by atoms with van der Waals surface area (Å²) >= 11 is 0. The molecular weight excluding hydrogens is 291 g/mol. The number of halogens is 1. The van der Waals surface area contributed by atoms with Gasteiger partial charge in [0, 0.05) is 18.7 Å². The summed E-state index contributed by atoms with van der Waals surface area (Å²) in [5.74, 6) is -0.457. The molecule has 116 valence electrons. The van der Waals surface area contributed by atoms with Crippen LogP contribution in [-0.4, -0.2) is 23.9 Å². The van der Waals surface area contributed by atoms with E-state index in [1.54, 1.807) is 23.1 Å². The van der Waals surface area contributed by atoms with Crippen LogP contribution in [0.1, 0.15) is 23.2 Å². The molecule has 3 rings (SSSR count). The molecule has 1 unspecified atom stereocenters. The second-order valence-corrected chi connectivity index (χ2v) is 5.77. The minimum atomic E-state index is -0.301. The number of likely N-dealkylation sites (tertiary alicyclic amines) is 1. The molecule has 23 heavy (non-hydrogen) atoms. The number of amides is 1. The van der Waals surface area contributed by atoms with E-state index < -0.39 is 0 Å². The highest BCUT2D eigenvalue weighted by Gasteiger charge is 2.25. The second kappa shape index (κ2) is 6.62. The van der Waals surface area contributed by atoms with Gasteiger partial charge in [0.15, 0.2) is 0 Å². The number of piperidine rings is 1. The van der Waals surface area contributed by atoms with E-state index in [9.17, 15) is 9.18 Å². The van der Waals surface area contributed by atoms with Crippen LogP contribution in [0.4, 0.5) is 4.39 Å². The van der Waals surface area contributed by atoms with Crippen LogP contribution in [0.3, 0.4) is 0 Å². The molecule has 1 heterocycles. The average molecular weight is 308 g/mol. The lowest BCUT2D eigenvalue weighted by molar-refractivity contribution is 0.0699. The summed E-state index contributed by atoms with van der Waals surface area (Å²) < 4.78 is 13.1. The van der Waals surface area contributed by atoms with Gasteiger partial charge in [-0.05, 0) is 42.2 Å². The second-order valence-electron chi connectivity index (χ2n) is 5.77. The Morgan fingerprint density at radius 1 is 1.17 bits per heavy atom. The summed E-state index contributed by atoms with van der Waals surface area (Å²) in [6.45, 7) is 1.15. The van der Waals surface area contributed by atoms with Crippen molar-refractivity contribution in [3.8, 4) is 17.2 Å². The van der Waals surface area contributed by atoms with Gasteiger partial charge in [-0.3, -0.25) is 4.79 Å². The average Bonchev–Trinajstić information content (AvgIpc) is 2.62. The quantitative estimate of drug-likeness (QED) is 0.845. The predicted molar refractivity (Wildman–Crippen MR) is 86.1 cm³/mol. The first-order valence-electron chi connectivity index (χ1n) is 7.73. The highest BCUT2D eigenvalue weighted by molar-refractivity contribution is 6.01. The Kier molecular flexibility index (Phi) is 4.38. The van der Waals surface area contributed by atoms with Gasteiger partial charge in [-0.1, -0.05) is 30.3 Å². The molecule has 0 aromatic heterocycles. The standard InChI is InChI=1S/C19H17FN2O/c20-16-9-7-15(8-10-16)17-5-1-2-6-18(17)19(23)22-11-3-4-14(12-21)13-22/h1-2,5-10,14H,3-4,11,13H2. The molecular formula is C19H17FN2O. The number of carbonyl (C=O) groups excluding carboxylic acids is 1. The lowest BCUT2D eigenvalue weighted by Gasteiger charge is -2.30. The maximum Gasteiger partial charge on any atom is 0.254 e. The van der Waals surface area contributed by atoms with Crippen molar-refractivity contribution < 1.29 is 9.18 Å². The fourth-order valence-electron chi connectivity index (χ4n) is 2.99. The van der Waals surface area contributed by atoms with Crippen molar-refractivity contribution in [3.63, 3.8) is 0 Å². The normalized spacial score (nSPS) is 17.6. The molecule has 2 aromatic carbocycles. The van der Waals surface area contributed by atoms with Crippen molar-refractivity contribution in [1.82, 2.24) is 4.90 Å². The van der Waals surface area contributed by atoms with Crippen LogP contribution in [-0.2, 0) is 0 Å². The molecule has 1 saturated heterocycles. The van der Waals surface area contributed by atoms with Gasteiger partial charge in [-0.15, -0.1) is 0 Å². The van der Waals surface area contributed by atoms with E-state index in [1.807, 2.05) is 18.2 Å². The predicted octanol–water partition coefficient (Wildman–Crippen LogP) is 3.87. The van der Waals surface area contributed by atoms with E-state index in [0.29, 0.717) is 18.7 Å². The highest BCUT2D eigenvalue weighted by atomic mass is 19.1. The zero-order chi connectivity index (χ0) is 16.2. The summed E-state index contributed by atoms with van der Waals surface area (Å²) in [5.41, 5.74) is 2.19. The number of rotatable bonds is 2. The Balaban J connectivity index is 1.92. The maximum absolute atomic E-state index is 13.1. The van der Waals surface area contributed by atoms with Crippen LogP contribution in [0.15, 0.2) is 48.5 Å². The van der Waals surface area contributed by atoms with Crippen molar-refractivity contribution >= 4 is 5.91 Å². The first-order chi connectivity index (χ1) is 11.2. The molecule has 1 aliphatic heterocycles. The van der Waals surface area contributed by atoms with E-state index in [2.05, 4.69) is 6.07 Å². The fourth-order valence-corrected chi connectivity index (χ4v) is 2.99. The van der Waals surface area contributed by atoms with Gasteiger partial charge < -0.3 is 4.90 Å². The molecule has 0 radical (unpaired) electrons. The summed E-state index contributed by atoms with van der Waals surface area (Å²) in [4.78, 5) is 14.6. The van der Waals surface area contributed by atoms with Gasteiger partial charge in [0.05, 0.1) is 12.0 Å². The van der Waals surface area contributed by atoms with Crippen LogP contribution in [0.2, 0.25) is 0 Å². The van der Waals surface area contributed by atoms with E-state index in [0.717, 1.165) is 24.0 Å². The SMILES string of the molecule is N#CC1CCCN(C(=O)c2ccccc2-c2ccc(F)cc2)C1. The van der Waals surface area contributed by atoms with Crippen LogP contribution >= 0.6 is 0 Å². The molecule has 0 saturated carbocycles. The Hall–Kier alpha value is -2.67. The minimum absolute atomic E-state index is 0.0649. The van der Waals surface area contributed by atoms with Gasteiger partial charge in [-0.2, -0.15) is 5.26 Å². The first-order valence-corrected chi connectivity index (χ1v) is 7.73. The molecule has 1 amide bonds. The number of hydrogen-bond donors (Lipinski definition) is 0. The number of nitrogens with zero attached hydrogens (tertiary/aromatic N) is 2. The topological polar surface area (TPSA) is 44.1 Å². The number of carbonyl (C=O) groups is 1. The van der Waals surface area contributed by atoms with E-state index in [4.69, 9.17) is 5.26 Å². The highest BCUT2D eigenvalue weighted by Crippen LogP contribution is 2.26. The summed E-state index contributed by atoms with van der Waals surface area (Å²) in [7, 11) is 0. The molecule has 1 aliphatic rings. The third kappa shape index (κ3) is 3.24. The molecule has 0 bridgehead atoms. The van der Waals surface area contributed by atoms with Crippen molar-refractivity contribution in [2.45, 2.75) is 12.8 Å². The largest absolute Gasteiger partial charge is 0.337 e. The van der Waals surface area contributed by atoms with Crippen molar-refractivity contribution in [3.05, 3.63) is 59.9 Å². The van der Waals surface area contributed by atoms with E-state index in [-0.39, 0.29) is 17.6 Å². The lowest BCUT2D eigenvalue weighted by Crippen LogP contribution is -2.39. The van der Waals surface area contributed by atoms with Crippen LogP contribution in [0, 0.1) is 23.1 Å². The Morgan fingerprint density at radius 3 is 2.65 bits per heavy atom. The van der Waals surface area contributed by atoms with Crippen LogP contribution in [0.5, 0.6) is 0 Å². The van der Waals surface area contributed by atoms with Crippen molar-refractivity contribution in [2.24, 2.45) is 5.92 Å².